The third-order valence-electron chi connectivity index (χ3n) is 3.76. The first-order valence-electron chi connectivity index (χ1n) is 6.07. The van der Waals surface area contributed by atoms with Crippen molar-refractivity contribution in [2.24, 2.45) is 10.7 Å². The van der Waals surface area contributed by atoms with E-state index >= 15 is 0 Å². The van der Waals surface area contributed by atoms with Crippen LogP contribution in [0.3, 0.4) is 0 Å². The van der Waals surface area contributed by atoms with E-state index in [1.807, 2.05) is 0 Å². The van der Waals surface area contributed by atoms with Crippen LogP contribution in [0.5, 0.6) is 5.75 Å². The number of hydrogen-bond acceptors (Lipinski definition) is 5. The summed E-state index contributed by atoms with van der Waals surface area (Å²) in [5.41, 5.74) is 4.44. The van der Waals surface area contributed by atoms with Crippen molar-refractivity contribution in [3.63, 3.8) is 0 Å². The van der Waals surface area contributed by atoms with Crippen LogP contribution in [0.15, 0.2) is 23.2 Å². The standard InChI is InChI=1S/C13H17FN2O3S/c1-12(2)11(15)16-13(3,7-20(12,18)19)9-6-8(17)4-5-10(9)14/h4-6,17H,7H2,1-3H3,(H2,15,16). The highest BCUT2D eigenvalue weighted by atomic mass is 32.2. The van der Waals surface area contributed by atoms with Gasteiger partial charge in [0.15, 0.2) is 9.84 Å². The number of hydrogen-bond donors (Lipinski definition) is 2. The highest BCUT2D eigenvalue weighted by Gasteiger charge is 2.49. The molecule has 20 heavy (non-hydrogen) atoms. The van der Waals surface area contributed by atoms with Gasteiger partial charge >= 0.3 is 0 Å². The molecule has 1 aliphatic heterocycles. The van der Waals surface area contributed by atoms with Crippen LogP contribution in [0.2, 0.25) is 0 Å². The summed E-state index contributed by atoms with van der Waals surface area (Å²) in [5.74, 6) is -1.21. The summed E-state index contributed by atoms with van der Waals surface area (Å²) in [6, 6.07) is 3.45. The van der Waals surface area contributed by atoms with Gasteiger partial charge in [0, 0.05) is 5.56 Å². The Morgan fingerprint density at radius 3 is 2.50 bits per heavy atom. The zero-order chi connectivity index (χ0) is 15.3. The number of sulfone groups is 1. The second kappa shape index (κ2) is 4.18. The first-order chi connectivity index (χ1) is 8.99. The van der Waals surface area contributed by atoms with Crippen LogP contribution in [-0.4, -0.2) is 29.9 Å². The number of aromatic hydroxyl groups is 1. The number of amidine groups is 1. The summed E-state index contributed by atoms with van der Waals surface area (Å²) in [5, 5.41) is 9.49. The van der Waals surface area contributed by atoms with Crippen LogP contribution >= 0.6 is 0 Å². The van der Waals surface area contributed by atoms with Crippen LogP contribution in [-0.2, 0) is 15.4 Å². The Kier molecular flexibility index (Phi) is 3.09. The molecule has 1 unspecified atom stereocenters. The van der Waals surface area contributed by atoms with E-state index in [9.17, 15) is 17.9 Å². The SMILES string of the molecule is CC1(c2cc(O)ccc2F)CS(=O)(=O)C(C)(C)C(N)=N1. The summed E-state index contributed by atoms with van der Waals surface area (Å²) in [4.78, 5) is 4.20. The third-order valence-corrected chi connectivity index (χ3v) is 6.47. The van der Waals surface area contributed by atoms with E-state index in [4.69, 9.17) is 5.73 Å². The molecule has 0 saturated heterocycles. The lowest BCUT2D eigenvalue weighted by molar-refractivity contribution is 0.451. The van der Waals surface area contributed by atoms with Gasteiger partial charge in [-0.2, -0.15) is 0 Å². The van der Waals surface area contributed by atoms with Crippen molar-refractivity contribution in [2.75, 3.05) is 5.75 Å². The maximum absolute atomic E-state index is 14.0. The molecule has 7 heteroatoms. The molecule has 0 spiro atoms. The van der Waals surface area contributed by atoms with E-state index in [-0.39, 0.29) is 22.9 Å². The second-order valence-electron chi connectivity index (χ2n) is 5.70. The minimum Gasteiger partial charge on any atom is -0.508 e. The van der Waals surface area contributed by atoms with Crippen LogP contribution in [0.4, 0.5) is 4.39 Å². The minimum atomic E-state index is -3.60. The van der Waals surface area contributed by atoms with Gasteiger partial charge in [-0.1, -0.05) is 0 Å². The van der Waals surface area contributed by atoms with E-state index in [2.05, 4.69) is 4.99 Å². The molecular weight excluding hydrogens is 283 g/mol. The van der Waals surface area contributed by atoms with E-state index in [1.165, 1.54) is 32.9 Å². The number of benzene rings is 1. The average Bonchev–Trinajstić information content (AvgIpc) is 2.29. The maximum Gasteiger partial charge on any atom is 0.165 e. The van der Waals surface area contributed by atoms with Crippen molar-refractivity contribution in [1.29, 1.82) is 0 Å². The number of aliphatic imine (C=N–C) groups is 1. The quantitative estimate of drug-likeness (QED) is 0.818. The summed E-state index contributed by atoms with van der Waals surface area (Å²) in [7, 11) is -3.60. The second-order valence-corrected chi connectivity index (χ2v) is 8.24. The summed E-state index contributed by atoms with van der Waals surface area (Å²) < 4.78 is 37.4. The van der Waals surface area contributed by atoms with Crippen molar-refractivity contribution in [1.82, 2.24) is 0 Å². The molecule has 1 aromatic carbocycles. The van der Waals surface area contributed by atoms with Gasteiger partial charge in [-0.05, 0) is 39.0 Å². The van der Waals surface area contributed by atoms with Crippen molar-refractivity contribution >= 4 is 15.7 Å². The highest BCUT2D eigenvalue weighted by molar-refractivity contribution is 7.93. The van der Waals surface area contributed by atoms with Gasteiger partial charge in [-0.15, -0.1) is 0 Å². The van der Waals surface area contributed by atoms with Gasteiger partial charge in [0.1, 0.15) is 27.7 Å². The summed E-state index contributed by atoms with van der Waals surface area (Å²) in [6.45, 7) is 4.43. The molecule has 0 fully saturated rings. The van der Waals surface area contributed by atoms with Gasteiger partial charge in [0.2, 0.25) is 0 Å². The number of nitrogens with zero attached hydrogens (tertiary/aromatic N) is 1. The lowest BCUT2D eigenvalue weighted by Gasteiger charge is -2.37. The lowest BCUT2D eigenvalue weighted by atomic mass is 9.93. The van der Waals surface area contributed by atoms with E-state index in [0.29, 0.717) is 0 Å². The van der Waals surface area contributed by atoms with Gasteiger partial charge in [-0.25, -0.2) is 12.8 Å². The molecule has 1 heterocycles. The molecule has 1 aliphatic rings. The third kappa shape index (κ3) is 2.06. The van der Waals surface area contributed by atoms with E-state index in [1.54, 1.807) is 0 Å². The molecule has 0 bridgehead atoms. The number of nitrogens with two attached hydrogens (primary N) is 1. The average molecular weight is 300 g/mol. The Hall–Kier alpha value is -1.63. The van der Waals surface area contributed by atoms with Crippen molar-refractivity contribution in [3.05, 3.63) is 29.6 Å². The largest absolute Gasteiger partial charge is 0.508 e. The predicted octanol–water partition coefficient (Wildman–Crippen LogP) is 1.31. The van der Waals surface area contributed by atoms with Crippen molar-refractivity contribution < 1.29 is 17.9 Å². The van der Waals surface area contributed by atoms with Crippen LogP contribution in [0.1, 0.15) is 26.3 Å². The first-order valence-corrected chi connectivity index (χ1v) is 7.72. The van der Waals surface area contributed by atoms with Crippen molar-refractivity contribution in [2.45, 2.75) is 31.1 Å². The number of phenols is 1. The maximum atomic E-state index is 14.0. The zero-order valence-corrected chi connectivity index (χ0v) is 12.3. The monoisotopic (exact) mass is 300 g/mol. The molecule has 0 radical (unpaired) electrons. The van der Waals surface area contributed by atoms with Crippen LogP contribution < -0.4 is 5.73 Å². The molecule has 1 atom stereocenters. The van der Waals surface area contributed by atoms with Gasteiger partial charge in [0.05, 0.1) is 5.75 Å². The first kappa shape index (κ1) is 14.8. The predicted molar refractivity (Wildman–Crippen MR) is 74.9 cm³/mol. The lowest BCUT2D eigenvalue weighted by Crippen LogP contribution is -2.54. The number of rotatable bonds is 1. The Morgan fingerprint density at radius 2 is 1.95 bits per heavy atom. The Bertz CT molecular complexity index is 698. The fourth-order valence-corrected chi connectivity index (χ4v) is 3.89. The van der Waals surface area contributed by atoms with Crippen LogP contribution in [0.25, 0.3) is 0 Å². The Labute approximate surface area is 117 Å². The van der Waals surface area contributed by atoms with Crippen molar-refractivity contribution in [3.8, 4) is 5.75 Å². The Balaban J connectivity index is 2.69. The Morgan fingerprint density at radius 1 is 1.35 bits per heavy atom. The molecule has 1 aromatic rings. The molecule has 0 aliphatic carbocycles. The zero-order valence-electron chi connectivity index (χ0n) is 11.5. The summed E-state index contributed by atoms with van der Waals surface area (Å²) >= 11 is 0. The van der Waals surface area contributed by atoms with Gasteiger partial charge in [0.25, 0.3) is 0 Å². The molecule has 5 nitrogen and oxygen atoms in total. The number of halogens is 1. The number of phenolic OH excluding ortho intramolecular Hbond substituents is 1. The minimum absolute atomic E-state index is 0.0134. The molecule has 3 N–H and O–H groups in total. The van der Waals surface area contributed by atoms with Gasteiger partial charge < -0.3 is 10.8 Å². The highest BCUT2D eigenvalue weighted by Crippen LogP contribution is 2.38. The van der Waals surface area contributed by atoms with E-state index in [0.717, 1.165) is 6.07 Å². The smallest absolute Gasteiger partial charge is 0.165 e. The normalized spacial score (nSPS) is 27.9. The molecule has 0 amide bonds. The molecule has 0 saturated carbocycles. The fourth-order valence-electron chi connectivity index (χ4n) is 2.21. The molecule has 2 rings (SSSR count). The van der Waals surface area contributed by atoms with Gasteiger partial charge in [-0.3, -0.25) is 4.99 Å². The molecule has 0 aromatic heterocycles. The van der Waals surface area contributed by atoms with Crippen LogP contribution in [0, 0.1) is 5.82 Å². The topological polar surface area (TPSA) is 92.8 Å². The fraction of sp³-hybridized carbons (Fsp3) is 0.462. The molecule has 110 valence electrons. The molecular formula is C13H17FN2O3S. The van der Waals surface area contributed by atoms with E-state index < -0.39 is 25.9 Å². The summed E-state index contributed by atoms with van der Waals surface area (Å²) in [6.07, 6.45) is 0.